The van der Waals surface area contributed by atoms with E-state index in [2.05, 4.69) is 22.3 Å². The van der Waals surface area contributed by atoms with Gasteiger partial charge in [-0.15, -0.1) is 21.5 Å². The largest absolute Gasteiger partial charge is 0.419 e. The van der Waals surface area contributed by atoms with Gasteiger partial charge in [0.1, 0.15) is 0 Å². The van der Waals surface area contributed by atoms with Crippen LogP contribution >= 0.6 is 11.3 Å². The lowest BCUT2D eigenvalue weighted by atomic mass is 10.2. The fourth-order valence-electron chi connectivity index (χ4n) is 1.52. The Kier molecular flexibility index (Phi) is 2.19. The van der Waals surface area contributed by atoms with Gasteiger partial charge in [0.15, 0.2) is 0 Å². The number of nitrogens with zero attached hydrogens (tertiary/aromatic N) is 2. The summed E-state index contributed by atoms with van der Waals surface area (Å²) in [4.78, 5) is 0.980. The lowest BCUT2D eigenvalue weighted by Crippen LogP contribution is -1.95. The molecule has 0 saturated heterocycles. The fourth-order valence-corrected chi connectivity index (χ4v) is 2.51. The molecular formula is C11H9N3OS. The third-order valence-corrected chi connectivity index (χ3v) is 3.38. The van der Waals surface area contributed by atoms with Crippen LogP contribution in [0.5, 0.6) is 0 Å². The zero-order valence-corrected chi connectivity index (χ0v) is 9.20. The Morgan fingerprint density at radius 3 is 2.88 bits per heavy atom. The highest BCUT2D eigenvalue weighted by molar-refractivity contribution is 7.22. The number of nitrogens with two attached hydrogens (primary N) is 1. The highest BCUT2D eigenvalue weighted by atomic mass is 32.1. The monoisotopic (exact) mass is 231 g/mol. The van der Waals surface area contributed by atoms with Crippen LogP contribution in [0, 0.1) is 0 Å². The first-order valence-corrected chi connectivity index (χ1v) is 5.70. The van der Waals surface area contributed by atoms with E-state index < -0.39 is 0 Å². The maximum absolute atomic E-state index is 5.42. The first-order chi connectivity index (χ1) is 7.86. The Hall–Kier alpha value is -1.72. The average Bonchev–Trinajstić information content (AvgIpc) is 2.95. The van der Waals surface area contributed by atoms with Crippen LogP contribution in [0.15, 0.2) is 34.7 Å². The van der Waals surface area contributed by atoms with Gasteiger partial charge in [-0.3, -0.25) is 0 Å². The Morgan fingerprint density at radius 2 is 2.12 bits per heavy atom. The average molecular weight is 231 g/mol. The lowest BCUT2D eigenvalue weighted by Gasteiger charge is -1.84. The van der Waals surface area contributed by atoms with E-state index in [0.717, 1.165) is 4.88 Å². The molecular weight excluding hydrogens is 222 g/mol. The number of rotatable bonds is 2. The molecule has 0 aliphatic heterocycles. The van der Waals surface area contributed by atoms with Gasteiger partial charge in [0.05, 0.1) is 11.4 Å². The molecule has 1 aromatic carbocycles. The van der Waals surface area contributed by atoms with Crippen molar-refractivity contribution in [2.24, 2.45) is 5.73 Å². The van der Waals surface area contributed by atoms with E-state index in [4.69, 9.17) is 10.2 Å². The van der Waals surface area contributed by atoms with Crippen LogP contribution in [0.4, 0.5) is 0 Å². The van der Waals surface area contributed by atoms with Crippen molar-refractivity contribution in [2.45, 2.75) is 6.54 Å². The summed E-state index contributed by atoms with van der Waals surface area (Å²) < 4.78 is 6.62. The topological polar surface area (TPSA) is 64.9 Å². The van der Waals surface area contributed by atoms with Gasteiger partial charge in [-0.05, 0) is 17.5 Å². The number of thiophene rings is 1. The molecule has 0 aliphatic rings. The number of fused-ring (bicyclic) bond motifs is 1. The molecule has 5 heteroatoms. The molecule has 0 aliphatic carbocycles. The molecule has 2 heterocycles. The van der Waals surface area contributed by atoms with Gasteiger partial charge in [-0.2, -0.15) is 0 Å². The fraction of sp³-hybridized carbons (Fsp3) is 0.0909. The minimum atomic E-state index is 0.276. The van der Waals surface area contributed by atoms with Crippen molar-refractivity contribution >= 4 is 21.4 Å². The van der Waals surface area contributed by atoms with Gasteiger partial charge >= 0.3 is 0 Å². The van der Waals surface area contributed by atoms with Crippen LogP contribution < -0.4 is 5.73 Å². The number of hydrogen-bond donors (Lipinski definition) is 1. The molecule has 0 radical (unpaired) electrons. The Bertz CT molecular complexity index is 596. The van der Waals surface area contributed by atoms with Crippen molar-refractivity contribution < 1.29 is 4.42 Å². The van der Waals surface area contributed by atoms with Crippen LogP contribution in [0.3, 0.4) is 0 Å². The van der Waals surface area contributed by atoms with Crippen molar-refractivity contribution in [3.05, 3.63) is 36.2 Å². The predicted molar refractivity (Wildman–Crippen MR) is 63.0 cm³/mol. The van der Waals surface area contributed by atoms with Crippen LogP contribution in [0.1, 0.15) is 5.89 Å². The summed E-state index contributed by atoms with van der Waals surface area (Å²) in [7, 11) is 0. The number of aromatic nitrogens is 2. The first-order valence-electron chi connectivity index (χ1n) is 4.88. The molecule has 0 spiro atoms. The van der Waals surface area contributed by atoms with Crippen molar-refractivity contribution in [3.63, 3.8) is 0 Å². The maximum Gasteiger partial charge on any atom is 0.257 e. The van der Waals surface area contributed by atoms with Gasteiger partial charge in [0, 0.05) is 4.70 Å². The Morgan fingerprint density at radius 1 is 1.25 bits per heavy atom. The van der Waals surface area contributed by atoms with Crippen molar-refractivity contribution in [2.75, 3.05) is 0 Å². The molecule has 0 unspecified atom stereocenters. The SMILES string of the molecule is NCc1nnc(-c2cc3ccccc3s2)o1. The highest BCUT2D eigenvalue weighted by Crippen LogP contribution is 2.32. The van der Waals surface area contributed by atoms with Crippen LogP contribution in [0.2, 0.25) is 0 Å². The highest BCUT2D eigenvalue weighted by Gasteiger charge is 2.10. The number of hydrogen-bond acceptors (Lipinski definition) is 5. The van der Waals surface area contributed by atoms with Crippen LogP contribution in [-0.2, 0) is 6.54 Å². The molecule has 80 valence electrons. The molecule has 0 saturated carbocycles. The van der Waals surface area contributed by atoms with Crippen molar-refractivity contribution in [1.29, 1.82) is 0 Å². The van der Waals surface area contributed by atoms with Crippen LogP contribution in [0.25, 0.3) is 20.9 Å². The summed E-state index contributed by atoms with van der Waals surface area (Å²) in [5.41, 5.74) is 5.42. The molecule has 16 heavy (non-hydrogen) atoms. The Labute approximate surface area is 95.7 Å². The lowest BCUT2D eigenvalue weighted by molar-refractivity contribution is 0.510. The normalized spacial score (nSPS) is 11.1. The van der Waals surface area contributed by atoms with Gasteiger partial charge in [-0.1, -0.05) is 18.2 Å². The van der Waals surface area contributed by atoms with Crippen LogP contribution in [-0.4, -0.2) is 10.2 Å². The third-order valence-electron chi connectivity index (χ3n) is 2.28. The molecule has 2 aromatic heterocycles. The standard InChI is InChI=1S/C11H9N3OS/c12-6-10-13-14-11(15-10)9-5-7-3-1-2-4-8(7)16-9/h1-5H,6,12H2. The van der Waals surface area contributed by atoms with E-state index in [-0.39, 0.29) is 6.54 Å². The summed E-state index contributed by atoms with van der Waals surface area (Å²) in [5.74, 6) is 1.01. The van der Waals surface area contributed by atoms with E-state index in [1.807, 2.05) is 18.2 Å². The predicted octanol–water partition coefficient (Wildman–Crippen LogP) is 2.41. The van der Waals surface area contributed by atoms with Gasteiger partial charge in [0.2, 0.25) is 5.89 Å². The smallest absolute Gasteiger partial charge is 0.257 e. The minimum absolute atomic E-state index is 0.276. The minimum Gasteiger partial charge on any atom is -0.419 e. The van der Waals surface area contributed by atoms with Gasteiger partial charge in [-0.25, -0.2) is 0 Å². The molecule has 0 bridgehead atoms. The first kappa shape index (κ1) is 9.50. The van der Waals surface area contributed by atoms with E-state index in [0.29, 0.717) is 11.8 Å². The summed E-state index contributed by atoms with van der Waals surface area (Å²) in [6.07, 6.45) is 0. The zero-order valence-electron chi connectivity index (χ0n) is 8.38. The van der Waals surface area contributed by atoms with Crippen molar-refractivity contribution in [1.82, 2.24) is 10.2 Å². The maximum atomic E-state index is 5.42. The van der Waals surface area contributed by atoms with E-state index >= 15 is 0 Å². The zero-order chi connectivity index (χ0) is 11.0. The molecule has 4 nitrogen and oxygen atoms in total. The molecule has 2 N–H and O–H groups in total. The summed E-state index contributed by atoms with van der Waals surface area (Å²) in [6.45, 7) is 0.276. The second-order valence-corrected chi connectivity index (χ2v) is 4.44. The third kappa shape index (κ3) is 1.50. The second kappa shape index (κ2) is 3.70. The van der Waals surface area contributed by atoms with Gasteiger partial charge < -0.3 is 10.2 Å². The molecule has 0 atom stereocenters. The second-order valence-electron chi connectivity index (χ2n) is 3.35. The molecule has 0 amide bonds. The quantitative estimate of drug-likeness (QED) is 0.735. The van der Waals surface area contributed by atoms with E-state index in [9.17, 15) is 0 Å². The molecule has 0 fully saturated rings. The van der Waals surface area contributed by atoms with Crippen molar-refractivity contribution in [3.8, 4) is 10.8 Å². The van der Waals surface area contributed by atoms with Gasteiger partial charge in [0.25, 0.3) is 5.89 Å². The molecule has 3 aromatic rings. The van der Waals surface area contributed by atoms with E-state index in [1.165, 1.54) is 10.1 Å². The summed E-state index contributed by atoms with van der Waals surface area (Å²) in [6, 6.07) is 10.2. The Balaban J connectivity index is 2.11. The number of benzene rings is 1. The van der Waals surface area contributed by atoms with E-state index in [1.54, 1.807) is 11.3 Å². The summed E-state index contributed by atoms with van der Waals surface area (Å²) >= 11 is 1.64. The molecule has 3 rings (SSSR count). The summed E-state index contributed by atoms with van der Waals surface area (Å²) in [5, 5.41) is 9.00.